The van der Waals surface area contributed by atoms with Crippen LogP contribution in [0.5, 0.6) is 34.5 Å². The molecule has 0 saturated heterocycles. The summed E-state index contributed by atoms with van der Waals surface area (Å²) >= 11 is 0. The van der Waals surface area contributed by atoms with E-state index in [-0.39, 0.29) is 41.9 Å². The molecule has 13 heteroatoms. The highest BCUT2D eigenvalue weighted by molar-refractivity contribution is 7.70. The molecule has 410 valence electrons. The molecule has 10 aromatic carbocycles. The maximum absolute atomic E-state index is 15.9. The van der Waals surface area contributed by atoms with E-state index < -0.39 is 35.4 Å². The van der Waals surface area contributed by atoms with Crippen LogP contribution in [0, 0.1) is 11.6 Å². The topological polar surface area (TPSA) is 140 Å². The molecule has 0 fully saturated rings. The van der Waals surface area contributed by atoms with Crippen molar-refractivity contribution in [2.75, 3.05) is 0 Å². The summed E-state index contributed by atoms with van der Waals surface area (Å²) in [5.74, 6) is 4.49. The van der Waals surface area contributed by atoms with Gasteiger partial charge < -0.3 is 28.9 Å². The smallest absolute Gasteiger partial charge is 0.282 e. The zero-order valence-electron chi connectivity index (χ0n) is 45.7. The van der Waals surface area contributed by atoms with Crippen LogP contribution < -0.4 is 34.8 Å². The largest absolute Gasteiger partial charge is 0.507 e. The van der Waals surface area contributed by atoms with E-state index in [0.29, 0.717) is 72.1 Å². The van der Waals surface area contributed by atoms with Crippen molar-refractivity contribution < 1.29 is 42.6 Å². The average Bonchev–Trinajstić information content (AvgIpc) is 2.70. The lowest BCUT2D eigenvalue weighted by Crippen LogP contribution is -2.23. The third-order valence-corrected chi connectivity index (χ3v) is 25.4. The van der Waals surface area contributed by atoms with Crippen LogP contribution in [0.3, 0.4) is 0 Å². The molecule has 0 aromatic heterocycles. The lowest BCUT2D eigenvalue weighted by molar-refractivity contribution is 0.455. The van der Waals surface area contributed by atoms with Gasteiger partial charge in [-0.3, -0.25) is 13.7 Å². The van der Waals surface area contributed by atoms with Crippen molar-refractivity contribution in [3.8, 4) is 90.6 Å². The molecule has 3 aliphatic heterocycles. The predicted molar refractivity (Wildman–Crippen MR) is 336 cm³/mol. The van der Waals surface area contributed by atoms with E-state index in [1.54, 1.807) is 31.2 Å². The Kier molecular flexibility index (Phi) is 13.7. The zero-order valence-corrected chi connectivity index (χ0v) is 49.3. The van der Waals surface area contributed by atoms with Gasteiger partial charge in [0.05, 0.1) is 34.4 Å². The van der Waals surface area contributed by atoms with Crippen molar-refractivity contribution >= 4 is 51.2 Å². The Morgan fingerprint density at radius 3 is 1.14 bits per heavy atom. The van der Waals surface area contributed by atoms with Crippen LogP contribution in [-0.4, -0.2) is 15.3 Å². The molecule has 3 N–H and O–H groups in total. The van der Waals surface area contributed by atoms with Crippen molar-refractivity contribution in [3.05, 3.63) is 252 Å². The molecule has 9 nitrogen and oxygen atoms in total. The monoisotopic (exact) mass is 1160 g/mol. The number of phenols is 3. The van der Waals surface area contributed by atoms with Crippen LogP contribution in [0.1, 0.15) is 54.2 Å². The summed E-state index contributed by atoms with van der Waals surface area (Å²) in [5, 5.41) is 39.4. The van der Waals surface area contributed by atoms with E-state index in [0.717, 1.165) is 44.2 Å². The van der Waals surface area contributed by atoms with Gasteiger partial charge in [-0.1, -0.05) is 195 Å². The molecule has 0 bridgehead atoms. The van der Waals surface area contributed by atoms with Crippen molar-refractivity contribution in [3.63, 3.8) is 0 Å². The quantitative estimate of drug-likeness (QED) is 0.0806. The molecular weight excluding hydrogens is 1110 g/mol. The minimum atomic E-state index is -3.85. The molecule has 10 aromatic rings. The molecule has 3 heterocycles. The summed E-state index contributed by atoms with van der Waals surface area (Å²) in [5.41, 5.74) is 11.7. The Balaban J connectivity index is 0.991. The van der Waals surface area contributed by atoms with Crippen LogP contribution in [-0.2, 0) is 43.8 Å². The van der Waals surface area contributed by atoms with Gasteiger partial charge in [0.1, 0.15) is 34.5 Å². The van der Waals surface area contributed by atoms with Gasteiger partial charge in [0.25, 0.3) is 22.1 Å². The van der Waals surface area contributed by atoms with Crippen LogP contribution in [0.4, 0.5) is 0 Å². The van der Waals surface area contributed by atoms with E-state index in [4.69, 9.17) is 13.6 Å². The van der Waals surface area contributed by atoms with E-state index in [1.165, 1.54) is 0 Å². The number of hydrogen-bond donors (Lipinski definition) is 3. The highest BCUT2D eigenvalue weighted by atomic mass is 31.2. The highest BCUT2D eigenvalue weighted by Gasteiger charge is 2.42. The summed E-state index contributed by atoms with van der Waals surface area (Å²) in [6.45, 7) is 5.86. The molecule has 83 heavy (non-hydrogen) atoms. The maximum Gasteiger partial charge on any atom is 0.282 e. The second kappa shape index (κ2) is 21.1. The normalized spacial score (nSPS) is 18.3. The van der Waals surface area contributed by atoms with Crippen LogP contribution >= 0.6 is 30.0 Å². The SMILES string of the molecule is CC#CP(Cc1cc(C(C)(C)c2cc(CP3(=O)Oc4ccccc4-c4ccccc43)c(O)c(CP3(=O)Oc4ccccc4-c4ccccc43)c2)cc(CP2(=O)Oc3ccccc3-c3ccccc32)c1O)c1ccccc1-c1ccccc1O. The van der Waals surface area contributed by atoms with Gasteiger partial charge in [0.15, 0.2) is 0 Å². The molecule has 0 amide bonds. The Hall–Kier alpha value is -8.32. The minimum absolute atomic E-state index is 0.0461. The summed E-state index contributed by atoms with van der Waals surface area (Å²) in [6, 6.07) is 67.7. The Morgan fingerprint density at radius 2 is 0.735 bits per heavy atom. The molecular formula is C70H56O9P4. The van der Waals surface area contributed by atoms with E-state index >= 15 is 13.7 Å². The average molecular weight is 1170 g/mol. The zero-order chi connectivity index (χ0) is 57.3. The second-order valence-electron chi connectivity index (χ2n) is 21.7. The Morgan fingerprint density at radius 1 is 0.410 bits per heavy atom. The van der Waals surface area contributed by atoms with Crippen molar-refractivity contribution in [2.45, 2.75) is 50.8 Å². The van der Waals surface area contributed by atoms with Crippen molar-refractivity contribution in [1.29, 1.82) is 0 Å². The van der Waals surface area contributed by atoms with Gasteiger partial charge in [-0.2, -0.15) is 0 Å². The van der Waals surface area contributed by atoms with Crippen LogP contribution in [0.2, 0.25) is 0 Å². The fraction of sp³-hybridized carbons (Fsp3) is 0.114. The molecule has 3 aliphatic rings. The third kappa shape index (κ3) is 9.59. The molecule has 4 unspecified atom stereocenters. The van der Waals surface area contributed by atoms with Crippen LogP contribution in [0.15, 0.2) is 218 Å². The molecule has 0 aliphatic carbocycles. The number of aromatic hydroxyl groups is 3. The fourth-order valence-electron chi connectivity index (χ4n) is 12.0. The van der Waals surface area contributed by atoms with Crippen molar-refractivity contribution in [2.24, 2.45) is 0 Å². The van der Waals surface area contributed by atoms with E-state index in [9.17, 15) is 15.3 Å². The van der Waals surface area contributed by atoms with E-state index in [2.05, 4.69) is 11.6 Å². The number of rotatable bonds is 12. The Labute approximate surface area is 484 Å². The number of hydrogen-bond acceptors (Lipinski definition) is 9. The molecule has 0 radical (unpaired) electrons. The van der Waals surface area contributed by atoms with Gasteiger partial charge in [0.2, 0.25) is 0 Å². The lowest BCUT2D eigenvalue weighted by atomic mass is 9.76. The second-order valence-corrected chi connectivity index (χ2v) is 30.6. The van der Waals surface area contributed by atoms with Gasteiger partial charge in [-0.05, 0) is 93.6 Å². The standard InChI is InChI=1S/C70H56O9P4/c1-4-37-80(64-33-17-9-25-56(64)52-21-5-13-29-60(52)71)42-46-38-50(39-47(68(46)72)43-81(74)65-34-18-10-26-57(65)53-22-6-14-30-61(53)77-81)70(2,3)51-40-48(44-82(75)66-35-19-11-27-58(66)54-23-7-15-31-62(54)78-82)69(73)49(41-51)45-83(76)67-36-20-12-28-59(67)55-24-8-16-32-63(55)79-83/h5-36,38-41,71-73H,42-45H2,1-3H3. The van der Waals surface area contributed by atoms with Gasteiger partial charge in [-0.15, -0.1) is 5.92 Å². The first-order chi connectivity index (χ1) is 40.1. The molecule has 0 saturated carbocycles. The molecule has 13 rings (SSSR count). The summed E-state index contributed by atoms with van der Waals surface area (Å²) in [7, 11) is -12.9. The number of phenolic OH excluding ortho intramolecular Hbond substituents is 3. The number of fused-ring (bicyclic) bond motifs is 9. The first-order valence-corrected chi connectivity index (χ1v) is 34.3. The highest BCUT2D eigenvalue weighted by Crippen LogP contribution is 2.62. The van der Waals surface area contributed by atoms with Gasteiger partial charge in [-0.25, -0.2) is 0 Å². The fourth-order valence-corrected chi connectivity index (χ4v) is 21.1. The summed E-state index contributed by atoms with van der Waals surface area (Å²) < 4.78 is 67.4. The maximum atomic E-state index is 15.9. The van der Waals surface area contributed by atoms with E-state index in [1.807, 2.05) is 208 Å². The summed E-state index contributed by atoms with van der Waals surface area (Å²) in [6.07, 6.45) is -0.324. The minimum Gasteiger partial charge on any atom is -0.507 e. The summed E-state index contributed by atoms with van der Waals surface area (Å²) in [4.78, 5) is 0. The third-order valence-electron chi connectivity index (χ3n) is 16.2. The lowest BCUT2D eigenvalue weighted by Gasteiger charge is -2.33. The van der Waals surface area contributed by atoms with Gasteiger partial charge >= 0.3 is 0 Å². The predicted octanol–water partition coefficient (Wildman–Crippen LogP) is 16.6. The number of benzene rings is 10. The van der Waals surface area contributed by atoms with Crippen molar-refractivity contribution in [1.82, 2.24) is 0 Å². The molecule has 0 spiro atoms. The molecule has 4 atom stereocenters. The Bertz CT molecular complexity index is 4360. The first-order valence-electron chi connectivity index (χ1n) is 27.4. The number of para-hydroxylation sites is 4. The van der Waals surface area contributed by atoms with Gasteiger partial charge in [0, 0.05) is 58.4 Å². The van der Waals surface area contributed by atoms with Crippen LogP contribution in [0.25, 0.3) is 44.5 Å². The first kappa shape index (κ1) is 54.0.